The third-order valence-electron chi connectivity index (χ3n) is 3.59. The number of hydrogen-bond donors (Lipinski definition) is 1. The van der Waals surface area contributed by atoms with E-state index >= 15 is 0 Å². The Hall–Kier alpha value is -2.99. The number of Topliss-reactive ketones (excluding diaryl/α,β-unsaturated/α-hetero) is 1. The molecule has 0 unspecified atom stereocenters. The molecule has 0 fully saturated rings. The van der Waals surface area contributed by atoms with Crippen LogP contribution in [0.5, 0.6) is 5.75 Å². The highest BCUT2D eigenvalue weighted by atomic mass is 32.1. The monoisotopic (exact) mass is 369 g/mol. The number of ketones is 1. The summed E-state index contributed by atoms with van der Waals surface area (Å²) in [5, 5.41) is 2.79. The molecule has 3 aromatic rings. The molecule has 0 atom stereocenters. The molecule has 6 heteroatoms. The topological polar surface area (TPSA) is 55.4 Å². The number of carbonyl (C=O) groups excluding carboxylic acids is 2. The average Bonchev–Trinajstić information content (AvgIpc) is 3.12. The van der Waals surface area contributed by atoms with E-state index in [1.807, 2.05) is 0 Å². The molecule has 0 aliphatic carbocycles. The number of anilines is 1. The van der Waals surface area contributed by atoms with Crippen molar-refractivity contribution in [2.24, 2.45) is 0 Å². The zero-order valence-electron chi connectivity index (χ0n) is 14.0. The molecule has 1 heterocycles. The van der Waals surface area contributed by atoms with Gasteiger partial charge in [0, 0.05) is 11.8 Å². The molecule has 0 spiro atoms. The molecule has 3 rings (SSSR count). The molecule has 0 bridgehead atoms. The zero-order chi connectivity index (χ0) is 18.5. The molecule has 0 aliphatic rings. The zero-order valence-corrected chi connectivity index (χ0v) is 14.8. The minimum atomic E-state index is -0.292. The number of rotatable bonds is 6. The van der Waals surface area contributed by atoms with Crippen molar-refractivity contribution in [3.8, 4) is 5.75 Å². The standard InChI is InChI=1S/C20H16FNO3S/c1-13(23)18-9-10-19(26-18)20(24)22-16-3-2-4-17(11-16)25-12-14-5-7-15(21)8-6-14/h2-11H,12H2,1H3,(H,22,24). The first-order valence-electron chi connectivity index (χ1n) is 7.91. The van der Waals surface area contributed by atoms with Crippen LogP contribution < -0.4 is 10.1 Å². The van der Waals surface area contributed by atoms with Crippen LogP contribution in [0.15, 0.2) is 60.7 Å². The summed E-state index contributed by atoms with van der Waals surface area (Å²) in [5.74, 6) is -0.0499. The number of benzene rings is 2. The van der Waals surface area contributed by atoms with Crippen LogP contribution in [0.2, 0.25) is 0 Å². The van der Waals surface area contributed by atoms with Gasteiger partial charge in [-0.2, -0.15) is 0 Å². The van der Waals surface area contributed by atoms with Crippen molar-refractivity contribution in [1.82, 2.24) is 0 Å². The number of nitrogens with one attached hydrogen (secondary N) is 1. The molecule has 2 aromatic carbocycles. The summed E-state index contributed by atoms with van der Waals surface area (Å²) in [7, 11) is 0. The van der Waals surface area contributed by atoms with Gasteiger partial charge in [0.05, 0.1) is 9.75 Å². The normalized spacial score (nSPS) is 10.4. The first-order valence-corrected chi connectivity index (χ1v) is 8.72. The maximum atomic E-state index is 12.9. The fraction of sp³-hybridized carbons (Fsp3) is 0.100. The van der Waals surface area contributed by atoms with Crippen molar-refractivity contribution >= 4 is 28.7 Å². The summed E-state index contributed by atoms with van der Waals surface area (Å²) < 4.78 is 18.6. The quantitative estimate of drug-likeness (QED) is 0.628. The predicted octanol–water partition coefficient (Wildman–Crippen LogP) is 4.92. The van der Waals surface area contributed by atoms with Gasteiger partial charge in [-0.05, 0) is 48.9 Å². The third-order valence-corrected chi connectivity index (χ3v) is 4.77. The summed E-state index contributed by atoms with van der Waals surface area (Å²) >= 11 is 1.16. The number of halogens is 1. The van der Waals surface area contributed by atoms with E-state index in [0.717, 1.165) is 16.9 Å². The van der Waals surface area contributed by atoms with Crippen LogP contribution in [-0.4, -0.2) is 11.7 Å². The second kappa shape index (κ2) is 7.93. The summed E-state index contributed by atoms with van der Waals surface area (Å²) in [4.78, 5) is 24.6. The van der Waals surface area contributed by atoms with Crippen molar-refractivity contribution in [2.45, 2.75) is 13.5 Å². The molecular formula is C20H16FNO3S. The molecular weight excluding hydrogens is 353 g/mol. The first-order chi connectivity index (χ1) is 12.5. The van der Waals surface area contributed by atoms with Crippen LogP contribution >= 0.6 is 11.3 Å². The van der Waals surface area contributed by atoms with Gasteiger partial charge in [-0.3, -0.25) is 9.59 Å². The minimum Gasteiger partial charge on any atom is -0.489 e. The van der Waals surface area contributed by atoms with Crippen molar-refractivity contribution in [1.29, 1.82) is 0 Å². The highest BCUT2D eigenvalue weighted by molar-refractivity contribution is 7.16. The van der Waals surface area contributed by atoms with Gasteiger partial charge in [0.2, 0.25) is 0 Å². The second-order valence-corrected chi connectivity index (χ2v) is 6.70. The highest BCUT2D eigenvalue weighted by Crippen LogP contribution is 2.22. The third kappa shape index (κ3) is 4.55. The first kappa shape index (κ1) is 17.8. The van der Waals surface area contributed by atoms with Crippen LogP contribution in [0.1, 0.15) is 31.8 Å². The second-order valence-electron chi connectivity index (χ2n) is 5.62. The van der Waals surface area contributed by atoms with E-state index in [4.69, 9.17) is 4.74 Å². The molecule has 1 N–H and O–H groups in total. The van der Waals surface area contributed by atoms with Gasteiger partial charge in [0.15, 0.2) is 5.78 Å². The van der Waals surface area contributed by atoms with Gasteiger partial charge < -0.3 is 10.1 Å². The molecule has 26 heavy (non-hydrogen) atoms. The van der Waals surface area contributed by atoms with Gasteiger partial charge in [-0.15, -0.1) is 11.3 Å². The predicted molar refractivity (Wildman–Crippen MR) is 99.5 cm³/mol. The maximum Gasteiger partial charge on any atom is 0.265 e. The van der Waals surface area contributed by atoms with Crippen molar-refractivity contribution in [3.63, 3.8) is 0 Å². The van der Waals surface area contributed by atoms with Crippen LogP contribution in [0.4, 0.5) is 10.1 Å². The summed E-state index contributed by atoms with van der Waals surface area (Å²) in [6, 6.07) is 16.4. The lowest BCUT2D eigenvalue weighted by atomic mass is 10.2. The van der Waals surface area contributed by atoms with E-state index in [1.165, 1.54) is 19.1 Å². The Morgan fingerprint density at radius 2 is 1.77 bits per heavy atom. The molecule has 132 valence electrons. The van der Waals surface area contributed by atoms with Crippen molar-refractivity contribution < 1.29 is 18.7 Å². The van der Waals surface area contributed by atoms with Crippen LogP contribution in [0.3, 0.4) is 0 Å². The molecule has 0 saturated heterocycles. The summed E-state index contributed by atoms with van der Waals surface area (Å²) in [6.07, 6.45) is 0. The largest absolute Gasteiger partial charge is 0.489 e. The number of hydrogen-bond acceptors (Lipinski definition) is 4. The van der Waals surface area contributed by atoms with Crippen LogP contribution in [0, 0.1) is 5.82 Å². The van der Waals surface area contributed by atoms with E-state index in [1.54, 1.807) is 48.5 Å². The lowest BCUT2D eigenvalue weighted by Gasteiger charge is -2.09. The van der Waals surface area contributed by atoms with Crippen molar-refractivity contribution in [2.75, 3.05) is 5.32 Å². The van der Waals surface area contributed by atoms with E-state index in [9.17, 15) is 14.0 Å². The van der Waals surface area contributed by atoms with Gasteiger partial charge in [0.25, 0.3) is 5.91 Å². The molecule has 0 aliphatic heterocycles. The Morgan fingerprint density at radius 3 is 2.46 bits per heavy atom. The number of thiophene rings is 1. The van der Waals surface area contributed by atoms with E-state index in [0.29, 0.717) is 27.8 Å². The van der Waals surface area contributed by atoms with Gasteiger partial charge >= 0.3 is 0 Å². The fourth-order valence-corrected chi connectivity index (χ4v) is 3.05. The van der Waals surface area contributed by atoms with E-state index in [-0.39, 0.29) is 17.5 Å². The molecule has 0 saturated carbocycles. The Bertz CT molecular complexity index is 934. The van der Waals surface area contributed by atoms with E-state index < -0.39 is 0 Å². The minimum absolute atomic E-state index is 0.0646. The highest BCUT2D eigenvalue weighted by Gasteiger charge is 2.12. The number of carbonyl (C=O) groups is 2. The lowest BCUT2D eigenvalue weighted by Crippen LogP contribution is -2.10. The SMILES string of the molecule is CC(=O)c1ccc(C(=O)Nc2cccc(OCc3ccc(F)cc3)c2)s1. The number of amides is 1. The van der Waals surface area contributed by atoms with Crippen LogP contribution in [0.25, 0.3) is 0 Å². The van der Waals surface area contributed by atoms with E-state index in [2.05, 4.69) is 5.32 Å². The van der Waals surface area contributed by atoms with Gasteiger partial charge in [-0.1, -0.05) is 18.2 Å². The number of ether oxygens (including phenoxy) is 1. The molecule has 4 nitrogen and oxygen atoms in total. The summed E-state index contributed by atoms with van der Waals surface area (Å²) in [5.41, 5.74) is 1.43. The Balaban J connectivity index is 1.63. The Morgan fingerprint density at radius 1 is 1.04 bits per heavy atom. The van der Waals surface area contributed by atoms with Crippen LogP contribution in [-0.2, 0) is 6.61 Å². The maximum absolute atomic E-state index is 12.9. The van der Waals surface area contributed by atoms with Crippen molar-refractivity contribution in [3.05, 3.63) is 81.8 Å². The smallest absolute Gasteiger partial charge is 0.265 e. The lowest BCUT2D eigenvalue weighted by molar-refractivity contribution is 0.101. The Kier molecular flexibility index (Phi) is 5.43. The molecule has 1 amide bonds. The average molecular weight is 369 g/mol. The fourth-order valence-electron chi connectivity index (χ4n) is 2.25. The molecule has 1 aromatic heterocycles. The summed E-state index contributed by atoms with van der Waals surface area (Å²) in [6.45, 7) is 1.76. The Labute approximate surface area is 154 Å². The van der Waals surface area contributed by atoms with Gasteiger partial charge in [0.1, 0.15) is 18.2 Å². The van der Waals surface area contributed by atoms with Gasteiger partial charge in [-0.25, -0.2) is 4.39 Å². The molecule has 0 radical (unpaired) electrons.